The molecule has 0 saturated heterocycles. The van der Waals surface area contributed by atoms with Crippen LogP contribution in [0.25, 0.3) is 0 Å². The van der Waals surface area contributed by atoms with Crippen LogP contribution in [0.15, 0.2) is 58.5 Å². The first-order valence-corrected chi connectivity index (χ1v) is 7.54. The maximum Gasteiger partial charge on any atom is 0.128 e. The lowest BCUT2D eigenvalue weighted by Gasteiger charge is -2.07. The number of hydrogen-bond donors (Lipinski definition) is 0. The van der Waals surface area contributed by atoms with Crippen molar-refractivity contribution in [2.45, 2.75) is 13.8 Å². The summed E-state index contributed by atoms with van der Waals surface area (Å²) >= 11 is 3.48. The fourth-order valence-electron chi connectivity index (χ4n) is 1.99. The van der Waals surface area contributed by atoms with E-state index in [0.29, 0.717) is 6.61 Å². The van der Waals surface area contributed by atoms with Crippen molar-refractivity contribution in [2.24, 2.45) is 4.99 Å². The second kappa shape index (κ2) is 7.23. The molecule has 0 unspecified atom stereocenters. The Balaban J connectivity index is 2.30. The summed E-state index contributed by atoms with van der Waals surface area (Å²) in [5.41, 5.74) is 4.31. The zero-order valence-corrected chi connectivity index (χ0v) is 13.9. The van der Waals surface area contributed by atoms with Gasteiger partial charge in [0.2, 0.25) is 0 Å². The lowest BCUT2D eigenvalue weighted by atomic mass is 10.1. The van der Waals surface area contributed by atoms with Crippen LogP contribution >= 0.6 is 15.9 Å². The van der Waals surface area contributed by atoms with Gasteiger partial charge in [0.05, 0.1) is 5.69 Å². The molecular formula is C18H18BrNO. The molecule has 0 aromatic heterocycles. The van der Waals surface area contributed by atoms with Crippen LogP contribution in [0.1, 0.15) is 16.7 Å². The highest BCUT2D eigenvalue weighted by molar-refractivity contribution is 9.10. The van der Waals surface area contributed by atoms with E-state index < -0.39 is 0 Å². The molecule has 0 spiro atoms. The molecule has 0 bridgehead atoms. The Bertz CT molecular complexity index is 677. The molecule has 0 fully saturated rings. The van der Waals surface area contributed by atoms with Crippen LogP contribution in [0.3, 0.4) is 0 Å². The smallest absolute Gasteiger partial charge is 0.128 e. The van der Waals surface area contributed by atoms with Crippen LogP contribution in [0.4, 0.5) is 5.69 Å². The summed E-state index contributed by atoms with van der Waals surface area (Å²) < 4.78 is 6.64. The van der Waals surface area contributed by atoms with E-state index in [0.717, 1.165) is 27.0 Å². The molecule has 0 N–H and O–H groups in total. The number of hydrogen-bond acceptors (Lipinski definition) is 2. The molecule has 2 rings (SSSR count). The number of ether oxygens (including phenoxy) is 1. The average molecular weight is 344 g/mol. The van der Waals surface area contributed by atoms with E-state index in [1.54, 1.807) is 6.08 Å². The van der Waals surface area contributed by atoms with Gasteiger partial charge in [0.25, 0.3) is 0 Å². The molecule has 0 aliphatic heterocycles. The van der Waals surface area contributed by atoms with Crippen molar-refractivity contribution >= 4 is 27.8 Å². The van der Waals surface area contributed by atoms with Gasteiger partial charge in [0.1, 0.15) is 12.4 Å². The first-order valence-electron chi connectivity index (χ1n) is 6.74. The highest BCUT2D eigenvalue weighted by Crippen LogP contribution is 2.24. The number of benzene rings is 2. The average Bonchev–Trinajstić information content (AvgIpc) is 2.45. The van der Waals surface area contributed by atoms with Gasteiger partial charge in [-0.15, -0.1) is 0 Å². The van der Waals surface area contributed by atoms with E-state index in [9.17, 15) is 0 Å². The number of aliphatic imine (C=N–C) groups is 1. The van der Waals surface area contributed by atoms with E-state index >= 15 is 0 Å². The van der Waals surface area contributed by atoms with Gasteiger partial charge in [0.15, 0.2) is 0 Å². The van der Waals surface area contributed by atoms with Gasteiger partial charge in [-0.25, -0.2) is 0 Å². The van der Waals surface area contributed by atoms with Crippen LogP contribution in [-0.4, -0.2) is 12.8 Å². The maximum atomic E-state index is 5.65. The predicted molar refractivity (Wildman–Crippen MR) is 93.0 cm³/mol. The monoisotopic (exact) mass is 343 g/mol. The quantitative estimate of drug-likeness (QED) is 0.527. The standard InChI is InChI=1S/C18H18BrNO/c1-4-9-21-18-8-6-16(19)11-15(18)12-20-17-7-5-13(2)10-14(17)3/h4-8,10-12H,1,9H2,2-3H3. The van der Waals surface area contributed by atoms with E-state index in [4.69, 9.17) is 4.74 Å². The van der Waals surface area contributed by atoms with Crippen LogP contribution in [-0.2, 0) is 0 Å². The van der Waals surface area contributed by atoms with Gasteiger partial charge in [-0.1, -0.05) is 46.3 Å². The van der Waals surface area contributed by atoms with Crippen LogP contribution in [0, 0.1) is 13.8 Å². The molecule has 21 heavy (non-hydrogen) atoms. The fraction of sp³-hybridized carbons (Fsp3) is 0.167. The highest BCUT2D eigenvalue weighted by Gasteiger charge is 2.03. The SMILES string of the molecule is C=CCOc1ccc(Br)cc1C=Nc1ccc(C)cc1C. The minimum Gasteiger partial charge on any atom is -0.489 e. The summed E-state index contributed by atoms with van der Waals surface area (Å²) in [6.45, 7) is 8.29. The Kier molecular flexibility index (Phi) is 5.34. The number of halogens is 1. The van der Waals surface area contributed by atoms with Crippen molar-refractivity contribution < 1.29 is 4.74 Å². The van der Waals surface area contributed by atoms with Gasteiger partial charge in [-0.2, -0.15) is 0 Å². The lowest BCUT2D eigenvalue weighted by molar-refractivity contribution is 0.362. The van der Waals surface area contributed by atoms with Gasteiger partial charge >= 0.3 is 0 Å². The van der Waals surface area contributed by atoms with Crippen molar-refractivity contribution in [2.75, 3.05) is 6.61 Å². The molecular weight excluding hydrogens is 326 g/mol. The minimum absolute atomic E-state index is 0.478. The Morgan fingerprint density at radius 1 is 1.19 bits per heavy atom. The molecule has 2 nitrogen and oxygen atoms in total. The minimum atomic E-state index is 0.478. The second-order valence-electron chi connectivity index (χ2n) is 4.83. The summed E-state index contributed by atoms with van der Waals surface area (Å²) in [5.74, 6) is 0.798. The van der Waals surface area contributed by atoms with E-state index in [-0.39, 0.29) is 0 Å². The maximum absolute atomic E-state index is 5.65. The van der Waals surface area contributed by atoms with Crippen molar-refractivity contribution in [1.82, 2.24) is 0 Å². The summed E-state index contributed by atoms with van der Waals surface area (Å²) in [4.78, 5) is 4.58. The summed E-state index contributed by atoms with van der Waals surface area (Å²) in [6, 6.07) is 12.1. The molecule has 0 aliphatic carbocycles. The number of nitrogens with zero attached hydrogens (tertiary/aromatic N) is 1. The molecule has 0 amide bonds. The Morgan fingerprint density at radius 3 is 2.71 bits per heavy atom. The third-order valence-electron chi connectivity index (χ3n) is 3.02. The predicted octanol–water partition coefficient (Wildman–Crippen LogP) is 5.38. The Morgan fingerprint density at radius 2 is 2.00 bits per heavy atom. The van der Waals surface area contributed by atoms with Crippen LogP contribution in [0.5, 0.6) is 5.75 Å². The van der Waals surface area contributed by atoms with E-state index in [1.165, 1.54) is 5.56 Å². The van der Waals surface area contributed by atoms with Crippen molar-refractivity contribution in [3.05, 3.63) is 70.2 Å². The van der Waals surface area contributed by atoms with Gasteiger partial charge in [-0.3, -0.25) is 4.99 Å². The molecule has 2 aromatic rings. The van der Waals surface area contributed by atoms with Crippen molar-refractivity contribution in [3.63, 3.8) is 0 Å². The molecule has 108 valence electrons. The molecule has 0 radical (unpaired) electrons. The Hall–Kier alpha value is -1.87. The van der Waals surface area contributed by atoms with Gasteiger partial charge in [-0.05, 0) is 43.7 Å². The van der Waals surface area contributed by atoms with Crippen LogP contribution < -0.4 is 4.74 Å². The van der Waals surface area contributed by atoms with Gasteiger partial charge in [0, 0.05) is 16.3 Å². The summed E-state index contributed by atoms with van der Waals surface area (Å²) in [6.07, 6.45) is 3.56. The molecule has 2 aromatic carbocycles. The first-order chi connectivity index (χ1) is 10.1. The second-order valence-corrected chi connectivity index (χ2v) is 5.75. The zero-order chi connectivity index (χ0) is 15.2. The molecule has 0 saturated carbocycles. The summed E-state index contributed by atoms with van der Waals surface area (Å²) in [7, 11) is 0. The molecule has 0 aliphatic rings. The first kappa shape index (κ1) is 15.5. The molecule has 3 heteroatoms. The Labute approximate surface area is 134 Å². The third-order valence-corrected chi connectivity index (χ3v) is 3.52. The fourth-order valence-corrected chi connectivity index (χ4v) is 2.37. The molecule has 0 heterocycles. The van der Waals surface area contributed by atoms with E-state index in [1.807, 2.05) is 30.5 Å². The van der Waals surface area contributed by atoms with Crippen LogP contribution in [0.2, 0.25) is 0 Å². The van der Waals surface area contributed by atoms with Gasteiger partial charge < -0.3 is 4.74 Å². The third kappa shape index (κ3) is 4.30. The van der Waals surface area contributed by atoms with Crippen molar-refractivity contribution in [1.29, 1.82) is 0 Å². The van der Waals surface area contributed by atoms with E-state index in [2.05, 4.69) is 53.5 Å². The van der Waals surface area contributed by atoms with Crippen molar-refractivity contribution in [3.8, 4) is 5.75 Å². The lowest BCUT2D eigenvalue weighted by Crippen LogP contribution is -1.97. The largest absolute Gasteiger partial charge is 0.489 e. The topological polar surface area (TPSA) is 21.6 Å². The zero-order valence-electron chi connectivity index (χ0n) is 12.3. The number of aryl methyl sites for hydroxylation is 2. The highest BCUT2D eigenvalue weighted by atomic mass is 79.9. The normalized spacial score (nSPS) is 10.8. The summed E-state index contributed by atoms with van der Waals surface area (Å²) in [5, 5.41) is 0. The number of rotatable bonds is 5. The molecule has 0 atom stereocenters.